The molecular weight excluding hydrogens is 297 g/mol. The molecule has 3 rings (SSSR count). The summed E-state index contributed by atoms with van der Waals surface area (Å²) in [6, 6.07) is 5.37. The van der Waals surface area contributed by atoms with Crippen molar-refractivity contribution in [3.05, 3.63) is 40.4 Å². The Balaban J connectivity index is 1.94. The Morgan fingerprint density at radius 1 is 1.33 bits per heavy atom. The average molecular weight is 312 g/mol. The van der Waals surface area contributed by atoms with Gasteiger partial charge in [0.1, 0.15) is 5.01 Å². The van der Waals surface area contributed by atoms with Crippen LogP contribution in [0.15, 0.2) is 24.3 Å². The monoisotopic (exact) mass is 312 g/mol. The summed E-state index contributed by atoms with van der Waals surface area (Å²) in [6.45, 7) is 0.649. The van der Waals surface area contributed by atoms with Crippen molar-refractivity contribution in [2.24, 2.45) is 11.7 Å². The lowest BCUT2D eigenvalue weighted by atomic mass is 9.91. The first kappa shape index (κ1) is 14.5. The maximum Gasteiger partial charge on any atom is 0.416 e. The molecule has 21 heavy (non-hydrogen) atoms. The van der Waals surface area contributed by atoms with Gasteiger partial charge in [-0.15, -0.1) is 11.3 Å². The van der Waals surface area contributed by atoms with Crippen LogP contribution in [0.1, 0.15) is 22.6 Å². The average Bonchev–Trinajstić information content (AvgIpc) is 2.89. The van der Waals surface area contributed by atoms with Gasteiger partial charge in [-0.05, 0) is 43.9 Å². The molecule has 0 spiro atoms. The van der Waals surface area contributed by atoms with Crippen molar-refractivity contribution < 1.29 is 13.2 Å². The molecule has 2 nitrogen and oxygen atoms in total. The van der Waals surface area contributed by atoms with Crippen LogP contribution in [0.25, 0.3) is 10.6 Å². The number of rotatable bonds is 2. The molecule has 0 bridgehead atoms. The van der Waals surface area contributed by atoms with E-state index < -0.39 is 11.7 Å². The minimum absolute atomic E-state index is 0.465. The fraction of sp³-hybridized carbons (Fsp3) is 0.400. The molecule has 0 radical (unpaired) electrons. The summed E-state index contributed by atoms with van der Waals surface area (Å²) >= 11 is 1.49. The predicted molar refractivity (Wildman–Crippen MR) is 77.1 cm³/mol. The molecule has 0 saturated heterocycles. The maximum absolute atomic E-state index is 12.8. The molecule has 1 aliphatic carbocycles. The van der Waals surface area contributed by atoms with Crippen LogP contribution in [0, 0.1) is 5.92 Å². The van der Waals surface area contributed by atoms with Gasteiger partial charge in [-0.25, -0.2) is 4.98 Å². The van der Waals surface area contributed by atoms with Crippen LogP contribution >= 0.6 is 11.3 Å². The zero-order valence-corrected chi connectivity index (χ0v) is 12.1. The highest BCUT2D eigenvalue weighted by molar-refractivity contribution is 7.15. The number of hydrogen-bond donors (Lipinski definition) is 1. The predicted octanol–water partition coefficient (Wildman–Crippen LogP) is 3.89. The van der Waals surface area contributed by atoms with Crippen molar-refractivity contribution in [3.8, 4) is 10.6 Å². The second-order valence-electron chi connectivity index (χ2n) is 5.31. The molecule has 2 N–H and O–H groups in total. The van der Waals surface area contributed by atoms with Gasteiger partial charge in [0.2, 0.25) is 0 Å². The van der Waals surface area contributed by atoms with Crippen molar-refractivity contribution in [2.45, 2.75) is 25.4 Å². The molecule has 2 aromatic rings. The molecule has 0 saturated carbocycles. The van der Waals surface area contributed by atoms with Crippen molar-refractivity contribution >= 4 is 11.3 Å². The zero-order valence-electron chi connectivity index (χ0n) is 11.3. The van der Waals surface area contributed by atoms with E-state index in [4.69, 9.17) is 5.73 Å². The Hall–Kier alpha value is -1.40. The molecule has 1 heterocycles. The van der Waals surface area contributed by atoms with E-state index in [1.165, 1.54) is 28.3 Å². The van der Waals surface area contributed by atoms with E-state index >= 15 is 0 Å². The van der Waals surface area contributed by atoms with Crippen LogP contribution in [0.4, 0.5) is 13.2 Å². The van der Waals surface area contributed by atoms with Gasteiger partial charge in [0.25, 0.3) is 0 Å². The van der Waals surface area contributed by atoms with Crippen LogP contribution < -0.4 is 5.73 Å². The van der Waals surface area contributed by atoms with Crippen LogP contribution in [0.3, 0.4) is 0 Å². The maximum atomic E-state index is 12.8. The van der Waals surface area contributed by atoms with Gasteiger partial charge in [-0.2, -0.15) is 13.2 Å². The molecule has 0 fully saturated rings. The summed E-state index contributed by atoms with van der Waals surface area (Å²) in [5.41, 5.74) is 6.63. The van der Waals surface area contributed by atoms with E-state index in [-0.39, 0.29) is 0 Å². The second-order valence-corrected chi connectivity index (χ2v) is 6.40. The van der Waals surface area contributed by atoms with E-state index in [0.29, 0.717) is 23.0 Å². The van der Waals surface area contributed by atoms with Gasteiger partial charge >= 0.3 is 6.18 Å². The Kier molecular flexibility index (Phi) is 3.75. The highest BCUT2D eigenvalue weighted by atomic mass is 32.1. The van der Waals surface area contributed by atoms with Crippen molar-refractivity contribution in [2.75, 3.05) is 6.54 Å². The summed E-state index contributed by atoms with van der Waals surface area (Å²) in [5, 5.41) is 0.670. The highest BCUT2D eigenvalue weighted by Gasteiger charge is 2.31. The number of thiazole rings is 1. The number of nitrogens with two attached hydrogens (primary N) is 1. The van der Waals surface area contributed by atoms with Crippen LogP contribution in [0.2, 0.25) is 0 Å². The summed E-state index contributed by atoms with van der Waals surface area (Å²) in [4.78, 5) is 5.69. The lowest BCUT2D eigenvalue weighted by Gasteiger charge is -2.18. The first-order valence-electron chi connectivity index (χ1n) is 6.83. The number of hydrogen-bond acceptors (Lipinski definition) is 3. The number of aromatic nitrogens is 1. The van der Waals surface area contributed by atoms with Gasteiger partial charge < -0.3 is 5.73 Å². The number of benzene rings is 1. The Bertz CT molecular complexity index is 649. The Morgan fingerprint density at radius 2 is 2.14 bits per heavy atom. The van der Waals surface area contributed by atoms with E-state index in [1.54, 1.807) is 6.07 Å². The van der Waals surface area contributed by atoms with Crippen LogP contribution in [0.5, 0.6) is 0 Å². The summed E-state index contributed by atoms with van der Waals surface area (Å²) in [7, 11) is 0. The quantitative estimate of drug-likeness (QED) is 0.913. The summed E-state index contributed by atoms with van der Waals surface area (Å²) in [5.74, 6) is 0.465. The molecule has 112 valence electrons. The van der Waals surface area contributed by atoms with Crippen molar-refractivity contribution in [1.29, 1.82) is 0 Å². The second kappa shape index (κ2) is 5.42. The lowest BCUT2D eigenvalue weighted by molar-refractivity contribution is -0.137. The van der Waals surface area contributed by atoms with E-state index in [1.807, 2.05) is 0 Å². The molecule has 1 aromatic heterocycles. The minimum atomic E-state index is -4.32. The van der Waals surface area contributed by atoms with E-state index in [0.717, 1.165) is 31.0 Å². The fourth-order valence-electron chi connectivity index (χ4n) is 2.60. The van der Waals surface area contributed by atoms with Crippen LogP contribution in [-0.2, 0) is 19.0 Å². The molecule has 0 amide bonds. The van der Waals surface area contributed by atoms with E-state index in [2.05, 4.69) is 4.98 Å². The van der Waals surface area contributed by atoms with Gasteiger partial charge in [0, 0.05) is 10.4 Å². The van der Waals surface area contributed by atoms with Gasteiger partial charge in [0.05, 0.1) is 11.3 Å². The zero-order chi connectivity index (χ0) is 15.0. The lowest BCUT2D eigenvalue weighted by Crippen LogP contribution is -2.21. The van der Waals surface area contributed by atoms with E-state index in [9.17, 15) is 13.2 Å². The first-order chi connectivity index (χ1) is 9.97. The van der Waals surface area contributed by atoms with Gasteiger partial charge in [0.15, 0.2) is 0 Å². The molecular formula is C15H15F3N2S. The van der Waals surface area contributed by atoms with Crippen molar-refractivity contribution in [3.63, 3.8) is 0 Å². The first-order valence-corrected chi connectivity index (χ1v) is 7.65. The Morgan fingerprint density at radius 3 is 2.86 bits per heavy atom. The summed E-state index contributed by atoms with van der Waals surface area (Å²) < 4.78 is 38.3. The third-order valence-corrected chi connectivity index (χ3v) is 4.98. The topological polar surface area (TPSA) is 38.9 Å². The largest absolute Gasteiger partial charge is 0.416 e. The minimum Gasteiger partial charge on any atom is -0.330 e. The summed E-state index contributed by atoms with van der Waals surface area (Å²) in [6.07, 6.45) is -1.55. The SMILES string of the molecule is NCC1CCc2nc(-c3cccc(C(F)(F)F)c3)sc2C1. The van der Waals surface area contributed by atoms with Crippen molar-refractivity contribution in [1.82, 2.24) is 4.98 Å². The standard InChI is InChI=1S/C15H15F3N2S/c16-15(17,18)11-3-1-2-10(7-11)14-20-12-5-4-9(8-19)6-13(12)21-14/h1-3,7,9H,4-6,8,19H2. The number of nitrogens with zero attached hydrogens (tertiary/aromatic N) is 1. The normalized spacial score (nSPS) is 18.6. The number of aryl methyl sites for hydroxylation is 1. The highest BCUT2D eigenvalue weighted by Crippen LogP contribution is 2.36. The molecule has 0 aliphatic heterocycles. The van der Waals surface area contributed by atoms with Gasteiger partial charge in [-0.3, -0.25) is 0 Å². The molecule has 1 atom stereocenters. The number of fused-ring (bicyclic) bond motifs is 1. The number of alkyl halides is 3. The third-order valence-electron chi connectivity index (χ3n) is 3.81. The molecule has 1 aliphatic rings. The van der Waals surface area contributed by atoms with Crippen LogP contribution in [-0.4, -0.2) is 11.5 Å². The number of halogens is 3. The third kappa shape index (κ3) is 2.96. The molecule has 1 aromatic carbocycles. The smallest absolute Gasteiger partial charge is 0.330 e. The fourth-order valence-corrected chi connectivity index (χ4v) is 3.82. The molecule has 6 heteroatoms. The Labute approximate surface area is 124 Å². The van der Waals surface area contributed by atoms with Gasteiger partial charge in [-0.1, -0.05) is 12.1 Å². The molecule has 1 unspecified atom stereocenters.